The number of fused-ring (bicyclic) bond motifs is 4. The Morgan fingerprint density at radius 3 is 2.62 bits per heavy atom. The highest BCUT2D eigenvalue weighted by molar-refractivity contribution is 7.89. The number of hydrogen-bond acceptors (Lipinski definition) is 5. The smallest absolute Gasteiger partial charge is 0.238 e. The third-order valence-electron chi connectivity index (χ3n) is 7.82. The lowest BCUT2D eigenvalue weighted by Crippen LogP contribution is -2.67. The quantitative estimate of drug-likeness (QED) is 0.596. The lowest BCUT2D eigenvalue weighted by Gasteiger charge is -2.56. The molecular weight excluding hydrogens is 422 g/mol. The van der Waals surface area contributed by atoms with Crippen LogP contribution in [0.15, 0.2) is 47.4 Å². The van der Waals surface area contributed by atoms with Crippen LogP contribution < -0.4 is 10.5 Å². The van der Waals surface area contributed by atoms with E-state index >= 15 is 0 Å². The maximum Gasteiger partial charge on any atom is 0.238 e. The van der Waals surface area contributed by atoms with Gasteiger partial charge < -0.3 is 10.4 Å². The number of phenolic OH excluding ortho intramolecular Hbond substituents is 1. The van der Waals surface area contributed by atoms with Gasteiger partial charge in [-0.2, -0.15) is 0 Å². The summed E-state index contributed by atoms with van der Waals surface area (Å²) in [6, 6.07) is 13.5. The lowest BCUT2D eigenvalue weighted by atomic mass is 9.61. The van der Waals surface area contributed by atoms with Crippen molar-refractivity contribution < 1.29 is 13.5 Å². The second-order valence-electron chi connectivity index (χ2n) is 10.1. The van der Waals surface area contributed by atoms with E-state index in [1.165, 1.54) is 30.5 Å². The summed E-state index contributed by atoms with van der Waals surface area (Å²) in [5.74, 6) is 1.20. The molecule has 1 aliphatic heterocycles. The minimum atomic E-state index is -3.66. The zero-order valence-electron chi connectivity index (χ0n) is 18.6. The minimum Gasteiger partial charge on any atom is -0.508 e. The number of nitrogens with zero attached hydrogens (tertiary/aromatic N) is 1. The Morgan fingerprint density at radius 2 is 1.94 bits per heavy atom. The second-order valence-corrected chi connectivity index (χ2v) is 11.7. The topological polar surface area (TPSA) is 95.7 Å². The van der Waals surface area contributed by atoms with E-state index in [1.54, 1.807) is 12.1 Å². The van der Waals surface area contributed by atoms with E-state index in [1.807, 2.05) is 24.3 Å². The van der Waals surface area contributed by atoms with Gasteiger partial charge in [-0.25, -0.2) is 13.6 Å². The third-order valence-corrected chi connectivity index (χ3v) is 8.75. The molecule has 1 saturated carbocycles. The fourth-order valence-electron chi connectivity index (χ4n) is 5.82. The molecule has 3 aliphatic rings. The van der Waals surface area contributed by atoms with E-state index in [0.717, 1.165) is 43.8 Å². The van der Waals surface area contributed by atoms with Gasteiger partial charge in [-0.05, 0) is 92.1 Å². The van der Waals surface area contributed by atoms with Gasteiger partial charge in [0.2, 0.25) is 10.0 Å². The number of nitrogens with two attached hydrogens (primary N) is 1. The fourth-order valence-corrected chi connectivity index (χ4v) is 6.33. The highest BCUT2D eigenvalue weighted by Crippen LogP contribution is 2.47. The van der Waals surface area contributed by atoms with Gasteiger partial charge in [-0.3, -0.25) is 4.90 Å². The second kappa shape index (κ2) is 8.13. The van der Waals surface area contributed by atoms with Crippen LogP contribution in [0.1, 0.15) is 42.9 Å². The molecule has 5 rings (SSSR count). The van der Waals surface area contributed by atoms with Crippen LogP contribution in [0.2, 0.25) is 0 Å². The van der Waals surface area contributed by atoms with Gasteiger partial charge in [0, 0.05) is 24.0 Å². The number of primary sulfonamides is 1. The van der Waals surface area contributed by atoms with Crippen molar-refractivity contribution in [1.29, 1.82) is 0 Å². The highest BCUT2D eigenvalue weighted by atomic mass is 32.2. The number of phenols is 1. The molecule has 3 atom stereocenters. The Labute approximate surface area is 190 Å². The molecule has 1 saturated heterocycles. The molecule has 4 N–H and O–H groups in total. The molecule has 2 fully saturated rings. The first-order chi connectivity index (χ1) is 15.2. The van der Waals surface area contributed by atoms with Gasteiger partial charge in [0.1, 0.15) is 5.75 Å². The van der Waals surface area contributed by atoms with Crippen LogP contribution in [0.5, 0.6) is 5.75 Å². The van der Waals surface area contributed by atoms with Crippen LogP contribution in [0.4, 0.5) is 0 Å². The molecule has 32 heavy (non-hydrogen) atoms. The van der Waals surface area contributed by atoms with Crippen molar-refractivity contribution in [2.24, 2.45) is 11.1 Å². The number of sulfonamides is 1. The number of nitrogens with one attached hydrogen (secondary N) is 1. The van der Waals surface area contributed by atoms with Crippen LogP contribution in [-0.2, 0) is 28.3 Å². The van der Waals surface area contributed by atoms with Crippen molar-refractivity contribution in [3.63, 3.8) is 0 Å². The molecule has 2 aromatic rings. The van der Waals surface area contributed by atoms with Crippen molar-refractivity contribution in [3.05, 3.63) is 59.2 Å². The predicted molar refractivity (Wildman–Crippen MR) is 125 cm³/mol. The van der Waals surface area contributed by atoms with Gasteiger partial charge in [0.05, 0.1) is 4.90 Å². The van der Waals surface area contributed by atoms with Crippen molar-refractivity contribution in [1.82, 2.24) is 10.2 Å². The van der Waals surface area contributed by atoms with Crippen molar-refractivity contribution >= 4 is 10.0 Å². The first-order valence-electron chi connectivity index (χ1n) is 11.7. The maximum atomic E-state index is 11.5. The molecule has 0 spiro atoms. The summed E-state index contributed by atoms with van der Waals surface area (Å²) >= 11 is 0. The van der Waals surface area contributed by atoms with Gasteiger partial charge >= 0.3 is 0 Å². The molecule has 2 aliphatic carbocycles. The first kappa shape index (κ1) is 21.9. The molecule has 0 radical (unpaired) electrons. The van der Waals surface area contributed by atoms with Gasteiger partial charge in [-0.1, -0.05) is 25.1 Å². The average Bonchev–Trinajstić information content (AvgIpc) is 3.56. The van der Waals surface area contributed by atoms with Crippen molar-refractivity contribution in [3.8, 4) is 5.75 Å². The Bertz CT molecular complexity index is 1100. The van der Waals surface area contributed by atoms with E-state index in [-0.39, 0.29) is 10.3 Å². The first-order valence-corrected chi connectivity index (χ1v) is 13.2. The molecule has 0 amide bonds. The van der Waals surface area contributed by atoms with Gasteiger partial charge in [0.25, 0.3) is 0 Å². The highest BCUT2D eigenvalue weighted by Gasteiger charge is 2.51. The monoisotopic (exact) mass is 455 g/mol. The summed E-state index contributed by atoms with van der Waals surface area (Å²) in [5, 5.41) is 19.3. The molecule has 1 heterocycles. The largest absolute Gasteiger partial charge is 0.508 e. The Kier molecular flexibility index (Phi) is 5.56. The summed E-state index contributed by atoms with van der Waals surface area (Å²) in [4.78, 5) is 2.85. The van der Waals surface area contributed by atoms with E-state index in [9.17, 15) is 13.5 Å². The molecule has 6 nitrogen and oxygen atoms in total. The van der Waals surface area contributed by atoms with Gasteiger partial charge in [-0.15, -0.1) is 0 Å². The molecule has 7 heteroatoms. The van der Waals surface area contributed by atoms with E-state index in [4.69, 9.17) is 5.14 Å². The summed E-state index contributed by atoms with van der Waals surface area (Å²) in [7, 11) is -3.66. The SMILES string of the molecule is CC12CCN(CC3CC3)C(Cc3ccc(O)cc31)C2NCCc1ccc(S(N)(=O)=O)cc1. The number of aromatic hydroxyl groups is 1. The minimum absolute atomic E-state index is 0.0193. The molecule has 0 aromatic heterocycles. The number of piperidine rings is 1. The number of hydrogen-bond donors (Lipinski definition) is 3. The molecule has 2 aromatic carbocycles. The Hall–Kier alpha value is -1.93. The maximum absolute atomic E-state index is 11.5. The zero-order valence-corrected chi connectivity index (χ0v) is 19.4. The summed E-state index contributed by atoms with van der Waals surface area (Å²) < 4.78 is 23.0. The molecule has 172 valence electrons. The predicted octanol–water partition coefficient (Wildman–Crippen LogP) is 2.54. The summed E-state index contributed by atoms with van der Waals surface area (Å²) in [6.45, 7) is 5.47. The Balaban J connectivity index is 1.35. The number of benzene rings is 2. The average molecular weight is 456 g/mol. The zero-order chi connectivity index (χ0) is 22.5. The third kappa shape index (κ3) is 4.19. The molecule has 3 unspecified atom stereocenters. The van der Waals surface area contributed by atoms with E-state index in [2.05, 4.69) is 23.2 Å². The van der Waals surface area contributed by atoms with Crippen LogP contribution in [-0.4, -0.2) is 50.1 Å². The number of likely N-dealkylation sites (tertiary alicyclic amines) is 1. The van der Waals surface area contributed by atoms with Crippen LogP contribution in [0, 0.1) is 5.92 Å². The Morgan fingerprint density at radius 1 is 1.19 bits per heavy atom. The van der Waals surface area contributed by atoms with Crippen molar-refractivity contribution in [2.75, 3.05) is 19.6 Å². The van der Waals surface area contributed by atoms with Crippen molar-refractivity contribution in [2.45, 2.75) is 61.4 Å². The van der Waals surface area contributed by atoms with Gasteiger partial charge in [0.15, 0.2) is 0 Å². The van der Waals surface area contributed by atoms with Crippen LogP contribution in [0.3, 0.4) is 0 Å². The van der Waals surface area contributed by atoms with E-state index in [0.29, 0.717) is 17.8 Å². The fraction of sp³-hybridized carbons (Fsp3) is 0.520. The lowest BCUT2D eigenvalue weighted by molar-refractivity contribution is 0.0432. The number of rotatable bonds is 7. The van der Waals surface area contributed by atoms with Crippen LogP contribution in [0.25, 0.3) is 0 Å². The normalized spacial score (nSPS) is 27.8. The molecule has 2 bridgehead atoms. The standard InChI is InChI=1S/C25H33N3O3S/c1-25-11-13-28(16-18-2-3-18)23(14-19-6-7-20(29)15-22(19)25)24(25)27-12-10-17-4-8-21(9-5-17)32(26,30)31/h4-9,15,18,23-24,27,29H,2-3,10-14,16H2,1H3,(H2,26,30,31). The van der Waals surface area contributed by atoms with E-state index < -0.39 is 10.0 Å². The summed E-state index contributed by atoms with van der Waals surface area (Å²) in [6.07, 6.45) is 5.63. The molecular formula is C25H33N3O3S. The van der Waals surface area contributed by atoms with Crippen LogP contribution >= 0.6 is 0 Å². The summed E-state index contributed by atoms with van der Waals surface area (Å²) in [5.41, 5.74) is 3.72.